The maximum atomic E-state index is 13.6. The average Bonchev–Trinajstić information content (AvgIpc) is 2.90. The fraction of sp³-hybridized carbons (Fsp3) is 0.355. The maximum Gasteiger partial charge on any atom is 0.243 e. The van der Waals surface area contributed by atoms with Crippen LogP contribution in [0.15, 0.2) is 83.3 Å². The molecule has 1 N–H and O–H groups in total. The Morgan fingerprint density at radius 3 is 2.38 bits per heavy atom. The number of hydrogen-bond donors (Lipinski definition) is 1. The second kappa shape index (κ2) is 15.2. The molecule has 37 heavy (non-hydrogen) atoms. The van der Waals surface area contributed by atoms with Crippen LogP contribution in [0.25, 0.3) is 0 Å². The number of ether oxygens (including phenoxy) is 1. The van der Waals surface area contributed by atoms with Crippen LogP contribution in [0.2, 0.25) is 0 Å². The minimum absolute atomic E-state index is 0.0564. The topological polar surface area (TPSA) is 58.6 Å². The minimum Gasteiger partial charge on any atom is -0.494 e. The van der Waals surface area contributed by atoms with E-state index in [2.05, 4.69) is 28.2 Å². The van der Waals surface area contributed by atoms with Crippen LogP contribution in [0.4, 0.5) is 0 Å². The van der Waals surface area contributed by atoms with Gasteiger partial charge in [0, 0.05) is 30.4 Å². The Hall–Kier alpha value is -3.12. The summed E-state index contributed by atoms with van der Waals surface area (Å²) in [5.41, 5.74) is 3.17. The van der Waals surface area contributed by atoms with Crippen LogP contribution in [-0.2, 0) is 22.6 Å². The summed E-state index contributed by atoms with van der Waals surface area (Å²) in [6, 6.07) is 25.1. The zero-order chi connectivity index (χ0) is 26.5. The van der Waals surface area contributed by atoms with Crippen LogP contribution in [-0.4, -0.2) is 35.9 Å². The van der Waals surface area contributed by atoms with Gasteiger partial charge in [-0.3, -0.25) is 9.59 Å². The highest BCUT2D eigenvalue weighted by Gasteiger charge is 2.30. The van der Waals surface area contributed by atoms with Gasteiger partial charge >= 0.3 is 0 Å². The van der Waals surface area contributed by atoms with Crippen LogP contribution in [0.1, 0.15) is 49.3 Å². The van der Waals surface area contributed by atoms with Gasteiger partial charge in [0.1, 0.15) is 11.8 Å². The van der Waals surface area contributed by atoms with E-state index in [1.165, 1.54) is 5.56 Å². The minimum atomic E-state index is -0.608. The molecule has 3 rings (SSSR count). The predicted octanol–water partition coefficient (Wildman–Crippen LogP) is 6.47. The Morgan fingerprint density at radius 2 is 1.68 bits per heavy atom. The van der Waals surface area contributed by atoms with Gasteiger partial charge in [-0.1, -0.05) is 89.4 Å². The highest BCUT2D eigenvalue weighted by molar-refractivity contribution is 9.10. The van der Waals surface area contributed by atoms with Crippen molar-refractivity contribution in [1.29, 1.82) is 0 Å². The molecular formula is C31H37BrN2O3. The Bertz CT molecular complexity index is 1120. The van der Waals surface area contributed by atoms with Gasteiger partial charge < -0.3 is 15.0 Å². The van der Waals surface area contributed by atoms with Crippen molar-refractivity contribution in [3.8, 4) is 5.75 Å². The lowest BCUT2D eigenvalue weighted by Crippen LogP contribution is -2.50. The summed E-state index contributed by atoms with van der Waals surface area (Å²) >= 11 is 3.53. The molecule has 0 fully saturated rings. The van der Waals surface area contributed by atoms with Crippen LogP contribution < -0.4 is 10.1 Å². The number of amides is 2. The third kappa shape index (κ3) is 9.69. The number of nitrogens with zero attached hydrogens (tertiary/aromatic N) is 1. The molecule has 2 amide bonds. The summed E-state index contributed by atoms with van der Waals surface area (Å²) in [5, 5.41) is 3.06. The van der Waals surface area contributed by atoms with Crippen molar-refractivity contribution < 1.29 is 14.3 Å². The van der Waals surface area contributed by atoms with Crippen molar-refractivity contribution in [3.05, 3.63) is 100 Å². The van der Waals surface area contributed by atoms with Crippen molar-refractivity contribution >= 4 is 27.7 Å². The van der Waals surface area contributed by atoms with E-state index in [-0.39, 0.29) is 11.8 Å². The average molecular weight is 566 g/mol. The van der Waals surface area contributed by atoms with Crippen LogP contribution in [0.5, 0.6) is 5.75 Å². The van der Waals surface area contributed by atoms with Gasteiger partial charge in [-0.2, -0.15) is 0 Å². The Balaban J connectivity index is 1.77. The van der Waals surface area contributed by atoms with Crippen LogP contribution in [0.3, 0.4) is 0 Å². The molecule has 0 aliphatic carbocycles. The monoisotopic (exact) mass is 564 g/mol. The van der Waals surface area contributed by atoms with Gasteiger partial charge in [0.15, 0.2) is 0 Å². The number of carbonyl (C=O) groups excluding carboxylic acids is 2. The second-order valence-electron chi connectivity index (χ2n) is 9.27. The lowest BCUT2D eigenvalue weighted by Gasteiger charge is -2.31. The first-order valence-electron chi connectivity index (χ1n) is 13.0. The van der Waals surface area contributed by atoms with Crippen LogP contribution >= 0.6 is 15.9 Å². The van der Waals surface area contributed by atoms with Crippen molar-refractivity contribution in [1.82, 2.24) is 10.2 Å². The van der Waals surface area contributed by atoms with Crippen molar-refractivity contribution in [3.63, 3.8) is 0 Å². The molecular weight excluding hydrogens is 528 g/mol. The summed E-state index contributed by atoms with van der Waals surface area (Å²) in [5.74, 6) is 0.622. The van der Waals surface area contributed by atoms with E-state index in [1.807, 2.05) is 85.8 Å². The van der Waals surface area contributed by atoms with E-state index in [1.54, 1.807) is 4.90 Å². The van der Waals surface area contributed by atoms with Gasteiger partial charge in [-0.25, -0.2) is 0 Å². The number of halogens is 1. The number of nitrogens with one attached hydrogen (secondary N) is 1. The number of carbonyl (C=O) groups is 2. The molecule has 0 aromatic heterocycles. The third-order valence-corrected chi connectivity index (χ3v) is 6.66. The molecule has 0 saturated heterocycles. The third-order valence-electron chi connectivity index (χ3n) is 6.17. The molecule has 0 spiro atoms. The van der Waals surface area contributed by atoms with E-state index in [9.17, 15) is 9.59 Å². The van der Waals surface area contributed by atoms with Gasteiger partial charge in [-0.15, -0.1) is 0 Å². The van der Waals surface area contributed by atoms with E-state index >= 15 is 0 Å². The molecule has 0 radical (unpaired) electrons. The SMILES string of the molecule is CCCCNC(=O)[C@H](Cc1ccccc1)N(Cc1cccc(Br)c1)C(=O)CCCOc1ccc(C)cc1. The lowest BCUT2D eigenvalue weighted by atomic mass is 10.0. The molecule has 0 saturated carbocycles. The van der Waals surface area contributed by atoms with Gasteiger partial charge in [-0.05, 0) is 55.2 Å². The summed E-state index contributed by atoms with van der Waals surface area (Å²) in [7, 11) is 0. The second-order valence-corrected chi connectivity index (χ2v) is 10.2. The molecule has 1 atom stereocenters. The normalized spacial score (nSPS) is 11.5. The van der Waals surface area contributed by atoms with Gasteiger partial charge in [0.2, 0.25) is 11.8 Å². The first-order chi connectivity index (χ1) is 18.0. The van der Waals surface area contributed by atoms with Gasteiger partial charge in [0.05, 0.1) is 6.61 Å². The predicted molar refractivity (Wildman–Crippen MR) is 152 cm³/mol. The molecule has 3 aromatic rings. The maximum absolute atomic E-state index is 13.6. The Labute approximate surface area is 229 Å². The largest absolute Gasteiger partial charge is 0.494 e. The molecule has 0 aliphatic rings. The van der Waals surface area contributed by atoms with Crippen molar-refractivity contribution in [2.45, 2.75) is 58.5 Å². The standard InChI is InChI=1S/C31H37BrN2O3/c1-3-4-19-33-31(36)29(22-25-10-6-5-7-11-25)34(23-26-12-8-13-27(32)21-26)30(35)14-9-20-37-28-17-15-24(2)16-18-28/h5-8,10-13,15-18,21,29H,3-4,9,14,19-20,22-23H2,1-2H3,(H,33,36)/t29-/m0/s1. The fourth-order valence-electron chi connectivity index (χ4n) is 4.08. The Morgan fingerprint density at radius 1 is 0.946 bits per heavy atom. The molecule has 196 valence electrons. The Kier molecular flexibility index (Phi) is 11.7. The van der Waals surface area contributed by atoms with E-state index in [0.29, 0.717) is 39.0 Å². The first kappa shape index (κ1) is 28.5. The summed E-state index contributed by atoms with van der Waals surface area (Å²) < 4.78 is 6.78. The van der Waals surface area contributed by atoms with Crippen molar-refractivity contribution in [2.24, 2.45) is 0 Å². The van der Waals surface area contributed by atoms with Crippen LogP contribution in [0, 0.1) is 6.92 Å². The van der Waals surface area contributed by atoms with E-state index in [0.717, 1.165) is 34.2 Å². The molecule has 5 nitrogen and oxygen atoms in total. The molecule has 0 aliphatic heterocycles. The quantitative estimate of drug-likeness (QED) is 0.228. The highest BCUT2D eigenvalue weighted by Crippen LogP contribution is 2.19. The molecule has 6 heteroatoms. The smallest absolute Gasteiger partial charge is 0.243 e. The number of unbranched alkanes of at least 4 members (excludes halogenated alkanes) is 1. The highest BCUT2D eigenvalue weighted by atomic mass is 79.9. The summed E-state index contributed by atoms with van der Waals surface area (Å²) in [6.07, 6.45) is 3.22. The molecule has 0 heterocycles. The van der Waals surface area contributed by atoms with Crippen molar-refractivity contribution in [2.75, 3.05) is 13.2 Å². The summed E-state index contributed by atoms with van der Waals surface area (Å²) in [4.78, 5) is 28.8. The zero-order valence-corrected chi connectivity index (χ0v) is 23.4. The van der Waals surface area contributed by atoms with Gasteiger partial charge in [0.25, 0.3) is 0 Å². The number of aryl methyl sites for hydroxylation is 1. The number of rotatable bonds is 14. The lowest BCUT2D eigenvalue weighted by molar-refractivity contribution is -0.141. The molecule has 3 aromatic carbocycles. The fourth-order valence-corrected chi connectivity index (χ4v) is 4.53. The number of benzene rings is 3. The van der Waals surface area contributed by atoms with E-state index < -0.39 is 6.04 Å². The summed E-state index contributed by atoms with van der Waals surface area (Å²) in [6.45, 7) is 5.52. The molecule has 0 unspecified atom stereocenters. The zero-order valence-electron chi connectivity index (χ0n) is 21.8. The number of hydrogen-bond acceptors (Lipinski definition) is 3. The van der Waals surface area contributed by atoms with E-state index in [4.69, 9.17) is 4.74 Å². The first-order valence-corrected chi connectivity index (χ1v) is 13.8. The molecule has 0 bridgehead atoms.